The summed E-state index contributed by atoms with van der Waals surface area (Å²) < 4.78 is 32.4. The lowest BCUT2D eigenvalue weighted by atomic mass is 10.1. The first-order chi connectivity index (χ1) is 9.47. The number of hydrogen-bond acceptors (Lipinski definition) is 2. The van der Waals surface area contributed by atoms with Crippen LogP contribution in [0.1, 0.15) is 24.1 Å². The summed E-state index contributed by atoms with van der Waals surface area (Å²) in [7, 11) is 0. The Morgan fingerprint density at radius 1 is 1.15 bits per heavy atom. The molecular formula is C15H14ClF2NO. The van der Waals surface area contributed by atoms with Gasteiger partial charge >= 0.3 is 0 Å². The van der Waals surface area contributed by atoms with Crippen molar-refractivity contribution in [2.45, 2.75) is 19.6 Å². The van der Waals surface area contributed by atoms with Crippen LogP contribution in [0.5, 0.6) is 5.75 Å². The highest BCUT2D eigenvalue weighted by molar-refractivity contribution is 6.30. The Labute approximate surface area is 121 Å². The van der Waals surface area contributed by atoms with Crippen LogP contribution in [-0.2, 0) is 6.61 Å². The van der Waals surface area contributed by atoms with Crippen LogP contribution < -0.4 is 10.5 Å². The zero-order valence-corrected chi connectivity index (χ0v) is 11.6. The summed E-state index contributed by atoms with van der Waals surface area (Å²) in [6.45, 7) is 1.83. The van der Waals surface area contributed by atoms with Gasteiger partial charge in [-0.1, -0.05) is 23.7 Å². The SMILES string of the molecule is CC(N)c1ccc(OCc2ccc(Cl)c(F)c2)cc1F. The largest absolute Gasteiger partial charge is 0.489 e. The molecule has 1 atom stereocenters. The molecule has 0 amide bonds. The molecule has 0 saturated heterocycles. The lowest BCUT2D eigenvalue weighted by Crippen LogP contribution is -2.07. The summed E-state index contributed by atoms with van der Waals surface area (Å²) in [5.74, 6) is -0.562. The van der Waals surface area contributed by atoms with E-state index in [-0.39, 0.29) is 17.7 Å². The minimum absolute atomic E-state index is 0.0566. The first kappa shape index (κ1) is 14.8. The molecule has 0 radical (unpaired) electrons. The standard InChI is InChI=1S/C15H14ClF2NO/c1-9(19)12-4-3-11(7-14(12)17)20-8-10-2-5-13(16)15(18)6-10/h2-7,9H,8,19H2,1H3. The normalized spacial score (nSPS) is 12.2. The van der Waals surface area contributed by atoms with E-state index in [1.165, 1.54) is 18.2 Å². The zero-order chi connectivity index (χ0) is 14.7. The van der Waals surface area contributed by atoms with Crippen LogP contribution >= 0.6 is 11.6 Å². The Kier molecular flexibility index (Phi) is 4.57. The van der Waals surface area contributed by atoms with Gasteiger partial charge < -0.3 is 10.5 Å². The van der Waals surface area contributed by atoms with Crippen molar-refractivity contribution in [1.29, 1.82) is 0 Å². The van der Waals surface area contributed by atoms with E-state index in [4.69, 9.17) is 22.1 Å². The van der Waals surface area contributed by atoms with Gasteiger partial charge in [-0.15, -0.1) is 0 Å². The summed E-state index contributed by atoms with van der Waals surface area (Å²) in [6, 6.07) is 8.49. The second-order valence-electron chi connectivity index (χ2n) is 4.51. The summed E-state index contributed by atoms with van der Waals surface area (Å²) in [5, 5.41) is 0.0566. The topological polar surface area (TPSA) is 35.2 Å². The highest BCUT2D eigenvalue weighted by Gasteiger charge is 2.08. The highest BCUT2D eigenvalue weighted by Crippen LogP contribution is 2.22. The van der Waals surface area contributed by atoms with Gasteiger partial charge in [0.1, 0.15) is 24.0 Å². The maximum Gasteiger partial charge on any atom is 0.142 e. The molecule has 0 aromatic heterocycles. The van der Waals surface area contributed by atoms with Crippen LogP contribution in [0.4, 0.5) is 8.78 Å². The molecule has 0 aliphatic carbocycles. The maximum absolute atomic E-state index is 13.7. The molecule has 0 fully saturated rings. The van der Waals surface area contributed by atoms with E-state index < -0.39 is 11.6 Å². The number of rotatable bonds is 4. The van der Waals surface area contributed by atoms with Crippen molar-refractivity contribution in [1.82, 2.24) is 0 Å². The molecule has 20 heavy (non-hydrogen) atoms. The number of halogens is 3. The van der Waals surface area contributed by atoms with Crippen molar-refractivity contribution in [3.63, 3.8) is 0 Å². The Morgan fingerprint density at radius 3 is 2.50 bits per heavy atom. The molecule has 106 valence electrons. The van der Waals surface area contributed by atoms with Crippen molar-refractivity contribution in [2.24, 2.45) is 5.73 Å². The minimum Gasteiger partial charge on any atom is -0.489 e. The molecule has 0 saturated carbocycles. The lowest BCUT2D eigenvalue weighted by Gasteiger charge is -2.10. The van der Waals surface area contributed by atoms with Gasteiger partial charge in [-0.3, -0.25) is 0 Å². The van der Waals surface area contributed by atoms with Crippen molar-refractivity contribution < 1.29 is 13.5 Å². The molecule has 2 aromatic rings. The van der Waals surface area contributed by atoms with Crippen molar-refractivity contribution >= 4 is 11.6 Å². The van der Waals surface area contributed by atoms with Gasteiger partial charge in [0.2, 0.25) is 0 Å². The third-order valence-electron chi connectivity index (χ3n) is 2.85. The molecule has 0 bridgehead atoms. The van der Waals surface area contributed by atoms with E-state index in [0.717, 1.165) is 0 Å². The molecule has 0 heterocycles. The van der Waals surface area contributed by atoms with Gasteiger partial charge in [-0.2, -0.15) is 0 Å². The van der Waals surface area contributed by atoms with Gasteiger partial charge in [-0.05, 0) is 30.7 Å². The first-order valence-electron chi connectivity index (χ1n) is 6.09. The third kappa shape index (κ3) is 3.46. The van der Waals surface area contributed by atoms with Crippen molar-refractivity contribution in [3.05, 3.63) is 64.2 Å². The predicted octanol–water partition coefficient (Wildman–Crippen LogP) is 4.22. The molecule has 0 spiro atoms. The van der Waals surface area contributed by atoms with Crippen LogP contribution in [0.25, 0.3) is 0 Å². The van der Waals surface area contributed by atoms with Gasteiger partial charge in [-0.25, -0.2) is 8.78 Å². The molecule has 0 aliphatic heterocycles. The molecule has 2 aromatic carbocycles. The lowest BCUT2D eigenvalue weighted by molar-refractivity contribution is 0.303. The van der Waals surface area contributed by atoms with Gasteiger partial charge in [0, 0.05) is 17.7 Å². The van der Waals surface area contributed by atoms with Crippen LogP contribution in [0.3, 0.4) is 0 Å². The quantitative estimate of drug-likeness (QED) is 0.917. The van der Waals surface area contributed by atoms with Crippen LogP contribution in [0, 0.1) is 11.6 Å². The molecule has 0 aliphatic rings. The molecule has 1 unspecified atom stereocenters. The molecule has 5 heteroatoms. The number of ether oxygens (including phenoxy) is 1. The molecule has 2 N–H and O–H groups in total. The fraction of sp³-hybridized carbons (Fsp3) is 0.200. The van der Waals surface area contributed by atoms with E-state index in [2.05, 4.69) is 0 Å². The van der Waals surface area contributed by atoms with Crippen molar-refractivity contribution in [3.8, 4) is 5.75 Å². The molecule has 2 nitrogen and oxygen atoms in total. The summed E-state index contributed by atoms with van der Waals surface area (Å²) in [5.41, 5.74) is 6.67. The monoisotopic (exact) mass is 297 g/mol. The average molecular weight is 298 g/mol. The Hall–Kier alpha value is -1.65. The molecule has 2 rings (SSSR count). The van der Waals surface area contributed by atoms with Gasteiger partial charge in [0.05, 0.1) is 5.02 Å². The van der Waals surface area contributed by atoms with E-state index in [1.807, 2.05) is 0 Å². The van der Waals surface area contributed by atoms with E-state index >= 15 is 0 Å². The Balaban J connectivity index is 2.07. The second kappa shape index (κ2) is 6.20. The van der Waals surface area contributed by atoms with Crippen LogP contribution in [-0.4, -0.2) is 0 Å². The summed E-state index contributed by atoms with van der Waals surface area (Å²) in [4.78, 5) is 0. The molecular weight excluding hydrogens is 284 g/mol. The Morgan fingerprint density at radius 2 is 1.90 bits per heavy atom. The number of hydrogen-bond donors (Lipinski definition) is 1. The fourth-order valence-corrected chi connectivity index (χ4v) is 1.88. The second-order valence-corrected chi connectivity index (χ2v) is 4.92. The highest BCUT2D eigenvalue weighted by atomic mass is 35.5. The van der Waals surface area contributed by atoms with Gasteiger partial charge in [0.25, 0.3) is 0 Å². The van der Waals surface area contributed by atoms with E-state index in [0.29, 0.717) is 16.9 Å². The Bertz CT molecular complexity index is 617. The van der Waals surface area contributed by atoms with E-state index in [9.17, 15) is 8.78 Å². The number of benzene rings is 2. The first-order valence-corrected chi connectivity index (χ1v) is 6.47. The number of nitrogens with two attached hydrogens (primary N) is 1. The van der Waals surface area contributed by atoms with Crippen LogP contribution in [0.15, 0.2) is 36.4 Å². The van der Waals surface area contributed by atoms with Crippen molar-refractivity contribution in [2.75, 3.05) is 0 Å². The fourth-order valence-electron chi connectivity index (χ4n) is 1.76. The summed E-state index contributed by atoms with van der Waals surface area (Å²) >= 11 is 5.59. The average Bonchev–Trinajstić information content (AvgIpc) is 2.40. The maximum atomic E-state index is 13.7. The third-order valence-corrected chi connectivity index (χ3v) is 3.16. The van der Waals surface area contributed by atoms with Gasteiger partial charge in [0.15, 0.2) is 0 Å². The zero-order valence-electron chi connectivity index (χ0n) is 10.9. The predicted molar refractivity (Wildman–Crippen MR) is 74.7 cm³/mol. The van der Waals surface area contributed by atoms with E-state index in [1.54, 1.807) is 25.1 Å². The van der Waals surface area contributed by atoms with Crippen LogP contribution in [0.2, 0.25) is 5.02 Å². The summed E-state index contributed by atoms with van der Waals surface area (Å²) in [6.07, 6.45) is 0. The smallest absolute Gasteiger partial charge is 0.142 e. The minimum atomic E-state index is -0.508.